The molecule has 1 heterocycles. The number of hydrogen-bond acceptors (Lipinski definition) is 4. The summed E-state index contributed by atoms with van der Waals surface area (Å²) in [5.74, 6) is 2.59. The number of ether oxygens (including phenoxy) is 1. The minimum absolute atomic E-state index is 0.650. The summed E-state index contributed by atoms with van der Waals surface area (Å²) < 4.78 is 10.7. The molecule has 136 valence electrons. The van der Waals surface area contributed by atoms with Crippen LogP contribution in [0.3, 0.4) is 0 Å². The van der Waals surface area contributed by atoms with Gasteiger partial charge in [-0.15, -0.1) is 0 Å². The van der Waals surface area contributed by atoms with Crippen molar-refractivity contribution in [3.8, 4) is 5.75 Å². The molecule has 25 heavy (non-hydrogen) atoms. The molecule has 2 aromatic rings. The van der Waals surface area contributed by atoms with Crippen LogP contribution in [0.4, 0.5) is 0 Å². The maximum absolute atomic E-state index is 5.40. The number of hydrogen-bond donors (Lipinski definition) is 2. The van der Waals surface area contributed by atoms with Gasteiger partial charge in [-0.05, 0) is 30.5 Å². The molecule has 0 saturated carbocycles. The van der Waals surface area contributed by atoms with Crippen molar-refractivity contribution >= 4 is 5.96 Å². The molecule has 1 aromatic heterocycles. The predicted molar refractivity (Wildman–Crippen MR) is 100 cm³/mol. The Morgan fingerprint density at radius 3 is 2.56 bits per heavy atom. The Hall–Kier alpha value is -2.50. The van der Waals surface area contributed by atoms with Crippen molar-refractivity contribution in [2.75, 3.05) is 14.2 Å². The van der Waals surface area contributed by atoms with Gasteiger partial charge in [0, 0.05) is 32.1 Å². The van der Waals surface area contributed by atoms with E-state index in [1.54, 1.807) is 14.2 Å². The molecular weight excluding hydrogens is 316 g/mol. The second-order valence-corrected chi connectivity index (χ2v) is 5.82. The zero-order valence-electron chi connectivity index (χ0n) is 15.8. The van der Waals surface area contributed by atoms with Crippen LogP contribution in [0.25, 0.3) is 0 Å². The van der Waals surface area contributed by atoms with Gasteiger partial charge in [-0.25, -0.2) is 0 Å². The van der Waals surface area contributed by atoms with Gasteiger partial charge >= 0.3 is 0 Å². The molecule has 0 aliphatic heterocycles. The molecule has 0 bridgehead atoms. The maximum Gasteiger partial charge on any atom is 0.191 e. The fraction of sp³-hybridized carbons (Fsp3) is 0.474. The van der Waals surface area contributed by atoms with Crippen LogP contribution in [0.2, 0.25) is 0 Å². The molecule has 0 radical (unpaired) electrons. The Morgan fingerprint density at radius 1 is 1.20 bits per heavy atom. The molecule has 0 spiro atoms. The highest BCUT2D eigenvalue weighted by Gasteiger charge is 2.13. The van der Waals surface area contributed by atoms with Crippen molar-refractivity contribution < 1.29 is 9.26 Å². The molecule has 0 saturated heterocycles. The standard InChI is InChI=1S/C19H28N4O2/c1-6-16-15(17(7-2)25-23-16)12-22-19(20-4)21-11-14-8-9-18(24-5)13(3)10-14/h8-10H,6-7,11-12H2,1-5H3,(H2,20,21,22). The van der Waals surface area contributed by atoms with E-state index in [0.29, 0.717) is 13.1 Å². The smallest absolute Gasteiger partial charge is 0.191 e. The van der Waals surface area contributed by atoms with E-state index in [1.165, 1.54) is 5.56 Å². The normalized spacial score (nSPS) is 11.5. The van der Waals surface area contributed by atoms with Crippen LogP contribution in [-0.4, -0.2) is 25.3 Å². The highest BCUT2D eigenvalue weighted by molar-refractivity contribution is 5.79. The lowest BCUT2D eigenvalue weighted by Gasteiger charge is -2.13. The summed E-state index contributed by atoms with van der Waals surface area (Å²) in [6.07, 6.45) is 1.69. The summed E-state index contributed by atoms with van der Waals surface area (Å²) in [4.78, 5) is 4.29. The number of aryl methyl sites for hydroxylation is 3. The Labute approximate surface area is 149 Å². The quantitative estimate of drug-likeness (QED) is 0.597. The van der Waals surface area contributed by atoms with E-state index in [9.17, 15) is 0 Å². The lowest BCUT2D eigenvalue weighted by Crippen LogP contribution is -2.36. The predicted octanol–water partition coefficient (Wildman–Crippen LogP) is 2.98. The molecule has 6 heteroatoms. The molecule has 6 nitrogen and oxygen atoms in total. The number of aromatic nitrogens is 1. The van der Waals surface area contributed by atoms with E-state index in [-0.39, 0.29) is 0 Å². The zero-order valence-corrected chi connectivity index (χ0v) is 15.8. The highest BCUT2D eigenvalue weighted by Crippen LogP contribution is 2.18. The molecule has 1 aromatic carbocycles. The second kappa shape index (κ2) is 9.11. The molecule has 0 amide bonds. The first kappa shape index (κ1) is 18.8. The van der Waals surface area contributed by atoms with Gasteiger partial charge in [-0.2, -0.15) is 0 Å². The summed E-state index contributed by atoms with van der Waals surface area (Å²) in [5.41, 5.74) is 4.43. The Kier molecular flexibility index (Phi) is 6.86. The third-order valence-electron chi connectivity index (χ3n) is 4.18. The molecular formula is C19H28N4O2. The Morgan fingerprint density at radius 2 is 1.96 bits per heavy atom. The molecule has 2 N–H and O–H groups in total. The SMILES string of the molecule is CCc1noc(CC)c1CNC(=NC)NCc1ccc(OC)c(C)c1. The fourth-order valence-corrected chi connectivity index (χ4v) is 2.77. The second-order valence-electron chi connectivity index (χ2n) is 5.82. The van der Waals surface area contributed by atoms with Crippen molar-refractivity contribution in [2.45, 2.75) is 46.7 Å². The minimum Gasteiger partial charge on any atom is -0.496 e. The number of nitrogens with one attached hydrogen (secondary N) is 2. The molecule has 0 unspecified atom stereocenters. The molecule has 2 rings (SSSR count). The summed E-state index contributed by atoms with van der Waals surface area (Å²) in [5, 5.41) is 10.8. The van der Waals surface area contributed by atoms with E-state index < -0.39 is 0 Å². The van der Waals surface area contributed by atoms with Crippen molar-refractivity contribution in [3.63, 3.8) is 0 Å². The van der Waals surface area contributed by atoms with Gasteiger partial charge in [0.1, 0.15) is 11.5 Å². The monoisotopic (exact) mass is 344 g/mol. The van der Waals surface area contributed by atoms with E-state index in [2.05, 4.69) is 46.8 Å². The Balaban J connectivity index is 1.95. The van der Waals surface area contributed by atoms with Gasteiger partial charge in [-0.1, -0.05) is 31.1 Å². The van der Waals surface area contributed by atoms with Crippen LogP contribution in [-0.2, 0) is 25.9 Å². The summed E-state index contributed by atoms with van der Waals surface area (Å²) >= 11 is 0. The van der Waals surface area contributed by atoms with Gasteiger partial charge in [0.15, 0.2) is 5.96 Å². The van der Waals surface area contributed by atoms with Crippen molar-refractivity contribution in [2.24, 2.45) is 4.99 Å². The lowest BCUT2D eigenvalue weighted by molar-refractivity contribution is 0.380. The summed E-state index contributed by atoms with van der Waals surface area (Å²) in [6, 6.07) is 6.15. The van der Waals surface area contributed by atoms with Crippen molar-refractivity contribution in [3.05, 3.63) is 46.3 Å². The minimum atomic E-state index is 0.650. The van der Waals surface area contributed by atoms with Gasteiger partial charge in [0.05, 0.1) is 12.8 Å². The van der Waals surface area contributed by atoms with Crippen LogP contribution in [0, 0.1) is 6.92 Å². The van der Waals surface area contributed by atoms with Gasteiger partial charge in [0.2, 0.25) is 0 Å². The van der Waals surface area contributed by atoms with Crippen LogP contribution in [0.15, 0.2) is 27.7 Å². The third-order valence-corrected chi connectivity index (χ3v) is 4.18. The molecule has 0 aliphatic carbocycles. The number of aliphatic imine (C=N–C) groups is 1. The number of nitrogens with zero attached hydrogens (tertiary/aromatic N) is 2. The van der Waals surface area contributed by atoms with E-state index in [0.717, 1.165) is 47.1 Å². The molecule has 0 aliphatic rings. The maximum atomic E-state index is 5.40. The molecule has 0 atom stereocenters. The van der Waals surface area contributed by atoms with Crippen LogP contribution >= 0.6 is 0 Å². The van der Waals surface area contributed by atoms with E-state index in [4.69, 9.17) is 9.26 Å². The Bertz CT molecular complexity index is 701. The first-order valence-electron chi connectivity index (χ1n) is 8.67. The summed E-state index contributed by atoms with van der Waals surface area (Å²) in [6.45, 7) is 7.54. The van der Waals surface area contributed by atoms with E-state index in [1.807, 2.05) is 13.0 Å². The average Bonchev–Trinajstić information content (AvgIpc) is 3.04. The van der Waals surface area contributed by atoms with Crippen LogP contribution in [0.5, 0.6) is 5.75 Å². The zero-order chi connectivity index (χ0) is 18.2. The average molecular weight is 344 g/mol. The van der Waals surface area contributed by atoms with Crippen LogP contribution < -0.4 is 15.4 Å². The van der Waals surface area contributed by atoms with Gasteiger partial charge < -0.3 is 19.9 Å². The third kappa shape index (κ3) is 4.75. The topological polar surface area (TPSA) is 71.7 Å². The number of methoxy groups -OCH3 is 1. The van der Waals surface area contributed by atoms with E-state index >= 15 is 0 Å². The number of rotatable bonds is 7. The number of guanidine groups is 1. The molecule has 0 fully saturated rings. The lowest BCUT2D eigenvalue weighted by atomic mass is 10.1. The first-order valence-corrected chi connectivity index (χ1v) is 8.67. The van der Waals surface area contributed by atoms with Crippen molar-refractivity contribution in [1.29, 1.82) is 0 Å². The van der Waals surface area contributed by atoms with Crippen LogP contribution in [0.1, 0.15) is 42.0 Å². The van der Waals surface area contributed by atoms with Gasteiger partial charge in [0.25, 0.3) is 0 Å². The van der Waals surface area contributed by atoms with Gasteiger partial charge in [-0.3, -0.25) is 4.99 Å². The summed E-state index contributed by atoms with van der Waals surface area (Å²) in [7, 11) is 3.45. The first-order chi connectivity index (χ1) is 12.1. The van der Waals surface area contributed by atoms with Crippen molar-refractivity contribution in [1.82, 2.24) is 15.8 Å². The number of benzene rings is 1. The fourth-order valence-electron chi connectivity index (χ4n) is 2.77. The largest absolute Gasteiger partial charge is 0.496 e. The highest BCUT2D eigenvalue weighted by atomic mass is 16.5.